The van der Waals surface area contributed by atoms with Gasteiger partial charge in [0.2, 0.25) is 0 Å². The molecule has 0 fully saturated rings. The molecule has 0 saturated carbocycles. The molecule has 0 spiro atoms. The number of ether oxygens (including phenoxy) is 2. The summed E-state index contributed by atoms with van der Waals surface area (Å²) in [4.78, 5) is 0. The fourth-order valence-corrected chi connectivity index (χ4v) is 1.61. The van der Waals surface area contributed by atoms with Crippen molar-refractivity contribution in [3.05, 3.63) is 18.2 Å². The average molecular weight is 286 g/mol. The molecule has 0 saturated heterocycles. The number of nitrogens with two attached hydrogens (primary N) is 1. The summed E-state index contributed by atoms with van der Waals surface area (Å²) in [6, 6.07) is 5.77. The molecule has 19 heavy (non-hydrogen) atoms. The fourth-order valence-electron chi connectivity index (χ4n) is 1.36. The highest BCUT2D eigenvalue weighted by atomic mass is 32.2. The van der Waals surface area contributed by atoms with Crippen molar-refractivity contribution in [2.75, 3.05) is 44.1 Å². The van der Waals surface area contributed by atoms with Crippen molar-refractivity contribution < 1.29 is 9.47 Å². The summed E-state index contributed by atoms with van der Waals surface area (Å²) in [6.07, 6.45) is 2.06. The first-order chi connectivity index (χ1) is 9.31. The molecule has 0 unspecified atom stereocenters. The fraction of sp³-hybridized carbons (Fsp3) is 0.571. The molecule has 1 rings (SSSR count). The van der Waals surface area contributed by atoms with E-state index in [0.29, 0.717) is 13.2 Å². The summed E-state index contributed by atoms with van der Waals surface area (Å²) < 4.78 is 10.9. The molecule has 1 aromatic carbocycles. The molecular weight excluding hydrogens is 260 g/mol. The molecular formula is C14H26N2O2S. The minimum atomic E-state index is 0.592. The lowest BCUT2D eigenvalue weighted by molar-refractivity contribution is 0.340. The molecule has 4 nitrogen and oxygen atoms in total. The van der Waals surface area contributed by atoms with Gasteiger partial charge in [0.1, 0.15) is 11.5 Å². The van der Waals surface area contributed by atoms with E-state index >= 15 is 0 Å². The predicted octanol–water partition coefficient (Wildman–Crippen LogP) is 2.83. The Bertz CT molecular complexity index is 335. The molecule has 0 aromatic heterocycles. The lowest BCUT2D eigenvalue weighted by Gasteiger charge is -2.12. The van der Waals surface area contributed by atoms with E-state index in [1.165, 1.54) is 0 Å². The van der Waals surface area contributed by atoms with E-state index in [2.05, 4.69) is 11.6 Å². The van der Waals surface area contributed by atoms with Crippen molar-refractivity contribution in [1.82, 2.24) is 0 Å². The van der Waals surface area contributed by atoms with Gasteiger partial charge in [-0.1, -0.05) is 13.8 Å². The highest BCUT2D eigenvalue weighted by molar-refractivity contribution is 7.98. The number of nitrogens with one attached hydrogen (secondary N) is 1. The minimum absolute atomic E-state index is 0.592. The van der Waals surface area contributed by atoms with Gasteiger partial charge in [-0.15, -0.1) is 0 Å². The summed E-state index contributed by atoms with van der Waals surface area (Å²) in [5.41, 5.74) is 6.39. The maximum Gasteiger partial charge on any atom is 0.145 e. The lowest BCUT2D eigenvalue weighted by Crippen LogP contribution is -2.13. The number of hydrogen-bond acceptors (Lipinski definition) is 5. The number of methoxy groups -OCH3 is 1. The smallest absolute Gasteiger partial charge is 0.145 e. The van der Waals surface area contributed by atoms with E-state index in [4.69, 9.17) is 15.2 Å². The number of anilines is 1. The Balaban J connectivity index is 0.00000154. The normalized spacial score (nSPS) is 9.32. The van der Waals surface area contributed by atoms with E-state index in [-0.39, 0.29) is 0 Å². The molecule has 0 aliphatic heterocycles. The van der Waals surface area contributed by atoms with Gasteiger partial charge in [0, 0.05) is 24.9 Å². The van der Waals surface area contributed by atoms with E-state index < -0.39 is 0 Å². The molecule has 5 heteroatoms. The Kier molecular flexibility index (Phi) is 11.3. The molecule has 0 heterocycles. The Morgan fingerprint density at radius 1 is 1.32 bits per heavy atom. The standard InChI is InChI=1S/C12H20N2O2S.C2H6/c1-15-12-9-10(16-7-8-17-2)3-4-11(12)14-6-5-13;1-2/h3-4,9,14H,5-8,13H2,1-2H3;1-2H3. The molecule has 0 atom stereocenters. The van der Waals surface area contributed by atoms with Gasteiger partial charge >= 0.3 is 0 Å². The van der Waals surface area contributed by atoms with Crippen molar-refractivity contribution in [3.8, 4) is 11.5 Å². The third-order valence-corrected chi connectivity index (χ3v) is 2.76. The van der Waals surface area contributed by atoms with E-state index in [1.54, 1.807) is 18.9 Å². The van der Waals surface area contributed by atoms with Crippen LogP contribution in [0.3, 0.4) is 0 Å². The zero-order valence-electron chi connectivity index (χ0n) is 12.4. The number of hydrogen-bond donors (Lipinski definition) is 2. The molecule has 0 aliphatic carbocycles. The second-order valence-corrected chi connectivity index (χ2v) is 4.40. The van der Waals surface area contributed by atoms with Crippen LogP contribution in [0.15, 0.2) is 18.2 Å². The van der Waals surface area contributed by atoms with Gasteiger partial charge in [0.15, 0.2) is 0 Å². The van der Waals surface area contributed by atoms with Crippen LogP contribution in [0.25, 0.3) is 0 Å². The maximum absolute atomic E-state index is 5.60. The van der Waals surface area contributed by atoms with Crippen molar-refractivity contribution in [3.63, 3.8) is 0 Å². The zero-order chi connectivity index (χ0) is 14.5. The summed E-state index contributed by atoms with van der Waals surface area (Å²) in [5.74, 6) is 2.59. The van der Waals surface area contributed by atoms with Gasteiger partial charge in [-0.25, -0.2) is 0 Å². The second kappa shape index (κ2) is 12.0. The van der Waals surface area contributed by atoms with Crippen LogP contribution in [0.2, 0.25) is 0 Å². The summed E-state index contributed by atoms with van der Waals surface area (Å²) in [5, 5.41) is 3.20. The molecule has 3 N–H and O–H groups in total. The monoisotopic (exact) mass is 286 g/mol. The van der Waals surface area contributed by atoms with E-state index in [1.807, 2.05) is 32.0 Å². The number of benzene rings is 1. The van der Waals surface area contributed by atoms with Crippen LogP contribution in [0.1, 0.15) is 13.8 Å². The van der Waals surface area contributed by atoms with E-state index in [9.17, 15) is 0 Å². The van der Waals surface area contributed by atoms with Gasteiger partial charge in [-0.05, 0) is 18.4 Å². The summed E-state index contributed by atoms with van der Waals surface area (Å²) in [6.45, 7) is 6.03. The Morgan fingerprint density at radius 2 is 2.05 bits per heavy atom. The van der Waals surface area contributed by atoms with Crippen molar-refractivity contribution >= 4 is 17.4 Å². The van der Waals surface area contributed by atoms with Gasteiger partial charge in [-0.2, -0.15) is 11.8 Å². The first-order valence-corrected chi connectivity index (χ1v) is 7.95. The van der Waals surface area contributed by atoms with Crippen LogP contribution in [0, 0.1) is 0 Å². The molecule has 0 amide bonds. The van der Waals surface area contributed by atoms with Crippen LogP contribution in [0.4, 0.5) is 5.69 Å². The van der Waals surface area contributed by atoms with Crippen molar-refractivity contribution in [2.45, 2.75) is 13.8 Å². The van der Waals surface area contributed by atoms with Gasteiger partial charge in [-0.3, -0.25) is 0 Å². The Hall–Kier alpha value is -1.07. The summed E-state index contributed by atoms with van der Waals surface area (Å²) in [7, 11) is 1.65. The highest BCUT2D eigenvalue weighted by Gasteiger charge is 2.04. The zero-order valence-corrected chi connectivity index (χ0v) is 13.2. The molecule has 1 aromatic rings. The first kappa shape index (κ1) is 17.9. The van der Waals surface area contributed by atoms with Gasteiger partial charge in [0.25, 0.3) is 0 Å². The number of thioether (sulfide) groups is 1. The SMILES string of the molecule is CC.COc1cc(OCCSC)ccc1NCCN. The maximum atomic E-state index is 5.60. The summed E-state index contributed by atoms with van der Waals surface area (Å²) >= 11 is 1.76. The van der Waals surface area contributed by atoms with Crippen LogP contribution < -0.4 is 20.5 Å². The third kappa shape index (κ3) is 7.18. The van der Waals surface area contributed by atoms with E-state index in [0.717, 1.165) is 29.5 Å². The molecule has 0 bridgehead atoms. The third-order valence-electron chi connectivity index (χ3n) is 2.19. The predicted molar refractivity (Wildman–Crippen MR) is 85.8 cm³/mol. The van der Waals surface area contributed by atoms with Crippen LogP contribution in [-0.2, 0) is 0 Å². The topological polar surface area (TPSA) is 56.5 Å². The molecule has 0 aliphatic rings. The average Bonchev–Trinajstić information content (AvgIpc) is 2.48. The Morgan fingerprint density at radius 3 is 2.63 bits per heavy atom. The minimum Gasteiger partial charge on any atom is -0.494 e. The van der Waals surface area contributed by atoms with Crippen LogP contribution >= 0.6 is 11.8 Å². The molecule has 0 radical (unpaired) electrons. The number of rotatable bonds is 8. The van der Waals surface area contributed by atoms with Crippen LogP contribution in [0.5, 0.6) is 11.5 Å². The van der Waals surface area contributed by atoms with Crippen LogP contribution in [-0.4, -0.2) is 38.8 Å². The van der Waals surface area contributed by atoms with Crippen molar-refractivity contribution in [2.24, 2.45) is 5.73 Å². The quantitative estimate of drug-likeness (QED) is 0.720. The first-order valence-electron chi connectivity index (χ1n) is 6.55. The van der Waals surface area contributed by atoms with Gasteiger partial charge < -0.3 is 20.5 Å². The Labute approximate surface area is 121 Å². The largest absolute Gasteiger partial charge is 0.494 e. The lowest BCUT2D eigenvalue weighted by atomic mass is 10.2. The van der Waals surface area contributed by atoms with Crippen molar-refractivity contribution in [1.29, 1.82) is 0 Å². The second-order valence-electron chi connectivity index (χ2n) is 3.42. The van der Waals surface area contributed by atoms with Gasteiger partial charge in [0.05, 0.1) is 19.4 Å². The molecule has 110 valence electrons. The highest BCUT2D eigenvalue weighted by Crippen LogP contribution is 2.28.